The molecule has 4 nitrogen and oxygen atoms in total. The van der Waals surface area contributed by atoms with Crippen molar-refractivity contribution in [2.45, 2.75) is 111 Å². The molecule has 0 bridgehead atoms. The number of carboxylic acid groups (broad SMARTS) is 2. The third kappa shape index (κ3) is 6.58. The molecule has 0 aromatic rings. The lowest BCUT2D eigenvalue weighted by Gasteiger charge is -2.49. The molecule has 2 atom stereocenters. The largest absolute Gasteiger partial charge is 0.481 e. The topological polar surface area (TPSA) is 74.6 Å². The summed E-state index contributed by atoms with van der Waals surface area (Å²) in [5.41, 5.74) is -2.41. The molecule has 29 heavy (non-hydrogen) atoms. The molecule has 2 unspecified atom stereocenters. The first kappa shape index (κ1) is 25.7. The highest BCUT2D eigenvalue weighted by Crippen LogP contribution is 2.56. The van der Waals surface area contributed by atoms with E-state index < -0.39 is 22.8 Å². The van der Waals surface area contributed by atoms with Crippen LogP contribution in [0.3, 0.4) is 0 Å². The number of hydrogen-bond donors (Lipinski definition) is 2. The summed E-state index contributed by atoms with van der Waals surface area (Å²) in [6, 6.07) is 0. The summed E-state index contributed by atoms with van der Waals surface area (Å²) in [6.45, 7) is 8.26. The number of carboxylic acids is 2. The molecule has 0 saturated heterocycles. The van der Waals surface area contributed by atoms with E-state index in [1.807, 2.05) is 26.0 Å². The van der Waals surface area contributed by atoms with Gasteiger partial charge in [-0.1, -0.05) is 104 Å². The molecule has 168 valence electrons. The van der Waals surface area contributed by atoms with Crippen LogP contribution in [-0.4, -0.2) is 22.2 Å². The monoisotopic (exact) mass is 408 g/mol. The van der Waals surface area contributed by atoms with Crippen molar-refractivity contribution >= 4 is 11.9 Å². The lowest BCUT2D eigenvalue weighted by atomic mass is 9.51. The minimum absolute atomic E-state index is 0.225. The lowest BCUT2D eigenvalue weighted by Crippen LogP contribution is -2.56. The molecule has 0 heterocycles. The first-order valence-corrected chi connectivity index (χ1v) is 11.8. The Hall–Kier alpha value is -1.32. The summed E-state index contributed by atoms with van der Waals surface area (Å²) in [4.78, 5) is 24.6. The van der Waals surface area contributed by atoms with Gasteiger partial charge in [0.1, 0.15) is 0 Å². The Morgan fingerprint density at radius 1 is 0.759 bits per heavy atom. The van der Waals surface area contributed by atoms with Crippen LogP contribution in [0.5, 0.6) is 0 Å². The van der Waals surface area contributed by atoms with Gasteiger partial charge in [-0.15, -0.1) is 0 Å². The first-order valence-electron chi connectivity index (χ1n) is 11.8. The number of unbranched alkanes of at least 4 members (excludes halogenated alkanes) is 8. The second-order valence-electron chi connectivity index (χ2n) is 9.81. The minimum atomic E-state index is -1.22. The molecule has 2 N–H and O–H groups in total. The number of carbonyl (C=O) groups is 2. The second kappa shape index (κ2) is 12.4. The van der Waals surface area contributed by atoms with E-state index >= 15 is 0 Å². The molecule has 0 fully saturated rings. The molecule has 4 heteroatoms. The maximum absolute atomic E-state index is 12.3. The summed E-state index contributed by atoms with van der Waals surface area (Å²) in [6.07, 6.45) is 16.7. The third-order valence-corrected chi connectivity index (χ3v) is 7.09. The predicted molar refractivity (Wildman–Crippen MR) is 119 cm³/mol. The zero-order chi connectivity index (χ0) is 21.9. The highest BCUT2D eigenvalue weighted by atomic mass is 16.4. The molecule has 0 amide bonds. The Labute approximate surface area is 178 Å². The van der Waals surface area contributed by atoms with E-state index in [1.54, 1.807) is 0 Å². The number of rotatable bonds is 15. The highest BCUT2D eigenvalue weighted by molar-refractivity contribution is 5.87. The molecular weight excluding hydrogens is 364 g/mol. The first-order chi connectivity index (χ1) is 13.7. The van der Waals surface area contributed by atoms with Gasteiger partial charge in [0, 0.05) is 0 Å². The smallest absolute Gasteiger partial charge is 0.311 e. The van der Waals surface area contributed by atoms with Gasteiger partial charge in [0.2, 0.25) is 0 Å². The van der Waals surface area contributed by atoms with Crippen LogP contribution in [0.2, 0.25) is 0 Å². The van der Waals surface area contributed by atoms with Crippen molar-refractivity contribution in [1.82, 2.24) is 0 Å². The molecule has 1 rings (SSSR count). The van der Waals surface area contributed by atoms with Crippen molar-refractivity contribution in [3.05, 3.63) is 12.2 Å². The Morgan fingerprint density at radius 2 is 1.24 bits per heavy atom. The SMILES string of the molecule is CC(C)CCCCCCCCCCCC1(C(=O)O)CC=CCC1(C(=O)O)C(C)C. The van der Waals surface area contributed by atoms with Crippen molar-refractivity contribution in [2.24, 2.45) is 22.7 Å². The van der Waals surface area contributed by atoms with Crippen LogP contribution in [0.15, 0.2) is 12.2 Å². The lowest BCUT2D eigenvalue weighted by molar-refractivity contribution is -0.181. The van der Waals surface area contributed by atoms with Crippen molar-refractivity contribution in [3.63, 3.8) is 0 Å². The minimum Gasteiger partial charge on any atom is -0.481 e. The van der Waals surface area contributed by atoms with E-state index in [0.717, 1.165) is 25.2 Å². The second-order valence-corrected chi connectivity index (χ2v) is 9.81. The summed E-state index contributed by atoms with van der Waals surface area (Å²) in [7, 11) is 0. The maximum Gasteiger partial charge on any atom is 0.311 e. The van der Waals surface area contributed by atoms with Crippen molar-refractivity contribution in [3.8, 4) is 0 Å². The van der Waals surface area contributed by atoms with Crippen LogP contribution in [0.1, 0.15) is 111 Å². The molecule has 0 spiro atoms. The van der Waals surface area contributed by atoms with Crippen LogP contribution < -0.4 is 0 Å². The van der Waals surface area contributed by atoms with Gasteiger partial charge in [-0.05, 0) is 31.1 Å². The summed E-state index contributed by atoms with van der Waals surface area (Å²) in [5, 5.41) is 20.1. The molecule has 0 radical (unpaired) electrons. The van der Waals surface area contributed by atoms with Gasteiger partial charge in [0.05, 0.1) is 10.8 Å². The van der Waals surface area contributed by atoms with Gasteiger partial charge in [-0.3, -0.25) is 9.59 Å². The fourth-order valence-electron chi connectivity index (χ4n) is 5.19. The molecule has 0 aliphatic heterocycles. The standard InChI is InChI=1S/C25H44O4/c1-20(2)16-12-10-8-6-5-7-9-11-13-17-24(22(26)27)18-14-15-19-25(24,21(3)4)23(28)29/h14-15,20-21H,5-13,16-19H2,1-4H3,(H,26,27)(H,28,29). The average Bonchev–Trinajstić information content (AvgIpc) is 2.65. The van der Waals surface area contributed by atoms with E-state index in [4.69, 9.17) is 0 Å². The van der Waals surface area contributed by atoms with Gasteiger partial charge in [-0.2, -0.15) is 0 Å². The molecule has 0 aromatic heterocycles. The Bertz CT molecular complexity index is 537. The normalized spacial score (nSPS) is 24.3. The quantitative estimate of drug-likeness (QED) is 0.224. The molecule has 1 aliphatic rings. The van der Waals surface area contributed by atoms with Gasteiger partial charge in [-0.25, -0.2) is 0 Å². The van der Waals surface area contributed by atoms with Gasteiger partial charge in [0.15, 0.2) is 0 Å². The van der Waals surface area contributed by atoms with E-state index in [0.29, 0.717) is 19.3 Å². The Morgan fingerprint density at radius 3 is 1.69 bits per heavy atom. The van der Waals surface area contributed by atoms with Gasteiger partial charge in [0.25, 0.3) is 0 Å². The van der Waals surface area contributed by atoms with Gasteiger partial charge < -0.3 is 10.2 Å². The number of hydrogen-bond acceptors (Lipinski definition) is 2. The fraction of sp³-hybridized carbons (Fsp3) is 0.840. The van der Waals surface area contributed by atoms with Crippen molar-refractivity contribution < 1.29 is 19.8 Å². The van der Waals surface area contributed by atoms with Gasteiger partial charge >= 0.3 is 11.9 Å². The number of aliphatic carboxylic acids is 2. The van der Waals surface area contributed by atoms with Crippen LogP contribution in [-0.2, 0) is 9.59 Å². The zero-order valence-electron chi connectivity index (χ0n) is 19.2. The zero-order valence-corrected chi connectivity index (χ0v) is 19.2. The summed E-state index contributed by atoms with van der Waals surface area (Å²) in [5.74, 6) is -1.33. The van der Waals surface area contributed by atoms with E-state index in [9.17, 15) is 19.8 Å². The average molecular weight is 409 g/mol. The Kier molecular flexibility index (Phi) is 11.0. The van der Waals surface area contributed by atoms with E-state index in [2.05, 4.69) is 13.8 Å². The van der Waals surface area contributed by atoms with Crippen LogP contribution in [0.25, 0.3) is 0 Å². The molecule has 1 aliphatic carbocycles. The number of allylic oxidation sites excluding steroid dienone is 2. The summed E-state index contributed by atoms with van der Waals surface area (Å²) < 4.78 is 0. The predicted octanol–water partition coefficient (Wildman–Crippen LogP) is 7.08. The van der Waals surface area contributed by atoms with Crippen molar-refractivity contribution in [2.75, 3.05) is 0 Å². The molecule has 0 aromatic carbocycles. The van der Waals surface area contributed by atoms with E-state index in [1.165, 1.54) is 44.9 Å². The fourth-order valence-corrected chi connectivity index (χ4v) is 5.19. The van der Waals surface area contributed by atoms with Crippen LogP contribution >= 0.6 is 0 Å². The van der Waals surface area contributed by atoms with E-state index in [-0.39, 0.29) is 5.92 Å². The van der Waals surface area contributed by atoms with Crippen molar-refractivity contribution in [1.29, 1.82) is 0 Å². The van der Waals surface area contributed by atoms with Crippen LogP contribution in [0, 0.1) is 22.7 Å². The molecular formula is C25H44O4. The third-order valence-electron chi connectivity index (χ3n) is 7.09. The summed E-state index contributed by atoms with van der Waals surface area (Å²) >= 11 is 0. The van der Waals surface area contributed by atoms with Crippen LogP contribution in [0.4, 0.5) is 0 Å². The molecule has 0 saturated carbocycles. The highest BCUT2D eigenvalue weighted by Gasteiger charge is 2.62. The maximum atomic E-state index is 12.3. The Balaban J connectivity index is 2.46.